The number of hydrogen-bond donors (Lipinski definition) is 1. The summed E-state index contributed by atoms with van der Waals surface area (Å²) in [5, 5.41) is 4.11. The quantitative estimate of drug-likeness (QED) is 0.402. The SMILES string of the molecule is CCOC(=O)c1ccc(N/N=C2/C(=O)C(=O)N(c3ccccc3)[C@@]2(C)C(=O)OCC)cc1. The van der Waals surface area contributed by atoms with Gasteiger partial charge in [0.15, 0.2) is 11.3 Å². The molecular formula is C23H23N3O6. The van der Waals surface area contributed by atoms with Gasteiger partial charge in [0.2, 0.25) is 0 Å². The van der Waals surface area contributed by atoms with Gasteiger partial charge in [0.25, 0.3) is 5.78 Å². The van der Waals surface area contributed by atoms with Gasteiger partial charge in [0, 0.05) is 5.69 Å². The van der Waals surface area contributed by atoms with Gasteiger partial charge in [-0.15, -0.1) is 0 Å². The smallest absolute Gasteiger partial charge is 0.338 e. The van der Waals surface area contributed by atoms with E-state index in [4.69, 9.17) is 9.47 Å². The summed E-state index contributed by atoms with van der Waals surface area (Å²) in [6.07, 6.45) is 0. The number of rotatable bonds is 7. The Kier molecular flexibility index (Phi) is 6.67. The first-order valence-electron chi connectivity index (χ1n) is 10.1. The van der Waals surface area contributed by atoms with E-state index < -0.39 is 29.2 Å². The number of ether oxygens (including phenoxy) is 2. The third-order valence-electron chi connectivity index (χ3n) is 4.90. The van der Waals surface area contributed by atoms with E-state index in [-0.39, 0.29) is 18.9 Å². The van der Waals surface area contributed by atoms with Crippen molar-refractivity contribution in [2.75, 3.05) is 23.5 Å². The molecule has 1 N–H and O–H groups in total. The van der Waals surface area contributed by atoms with Crippen LogP contribution in [0.4, 0.5) is 11.4 Å². The number of benzene rings is 2. The van der Waals surface area contributed by atoms with Gasteiger partial charge in [-0.3, -0.25) is 19.9 Å². The van der Waals surface area contributed by atoms with Gasteiger partial charge in [0.05, 0.1) is 24.5 Å². The molecule has 1 saturated heterocycles. The molecule has 0 aromatic heterocycles. The van der Waals surface area contributed by atoms with Crippen LogP contribution >= 0.6 is 0 Å². The fourth-order valence-electron chi connectivity index (χ4n) is 3.32. The second-order valence-electron chi connectivity index (χ2n) is 6.97. The molecule has 1 amide bonds. The number of Topliss-reactive ketones (excluding diaryl/α,β-unsaturated/α-hetero) is 1. The standard InChI is InChI=1S/C23H23N3O6/c1-4-31-21(29)15-11-13-16(14-12-15)24-25-19-18(27)20(28)26(17-9-7-6-8-10-17)23(19,3)22(30)32-5-2/h6-14,24H,4-5H2,1-3H3/b25-19-/t23-/m1/s1. The van der Waals surface area contributed by atoms with Crippen LogP contribution in [0.15, 0.2) is 59.7 Å². The van der Waals surface area contributed by atoms with Crippen LogP contribution in [0, 0.1) is 0 Å². The van der Waals surface area contributed by atoms with Crippen LogP contribution < -0.4 is 10.3 Å². The summed E-state index contributed by atoms with van der Waals surface area (Å²) >= 11 is 0. The second kappa shape index (κ2) is 9.42. The highest BCUT2D eigenvalue weighted by Gasteiger charge is 2.60. The number of hydrogen-bond acceptors (Lipinski definition) is 8. The van der Waals surface area contributed by atoms with Gasteiger partial charge in [-0.25, -0.2) is 9.59 Å². The van der Waals surface area contributed by atoms with Crippen LogP contribution in [0.5, 0.6) is 0 Å². The Morgan fingerprint density at radius 1 is 0.969 bits per heavy atom. The molecule has 1 heterocycles. The molecule has 0 spiro atoms. The van der Waals surface area contributed by atoms with Gasteiger partial charge in [-0.2, -0.15) is 5.10 Å². The van der Waals surface area contributed by atoms with Crippen molar-refractivity contribution in [2.24, 2.45) is 5.10 Å². The van der Waals surface area contributed by atoms with E-state index in [9.17, 15) is 19.2 Å². The molecule has 0 unspecified atom stereocenters. The summed E-state index contributed by atoms with van der Waals surface area (Å²) in [4.78, 5) is 51.5. The minimum Gasteiger partial charge on any atom is -0.464 e. The highest BCUT2D eigenvalue weighted by Crippen LogP contribution is 2.33. The molecule has 32 heavy (non-hydrogen) atoms. The summed E-state index contributed by atoms with van der Waals surface area (Å²) < 4.78 is 10.1. The first-order valence-corrected chi connectivity index (χ1v) is 10.1. The van der Waals surface area contributed by atoms with Crippen molar-refractivity contribution in [1.29, 1.82) is 0 Å². The van der Waals surface area contributed by atoms with Crippen molar-refractivity contribution in [3.8, 4) is 0 Å². The number of para-hydroxylation sites is 1. The van der Waals surface area contributed by atoms with Crippen molar-refractivity contribution in [3.05, 3.63) is 60.2 Å². The Hall–Kier alpha value is -4.01. The Balaban J connectivity index is 1.97. The number of amides is 1. The van der Waals surface area contributed by atoms with E-state index in [1.54, 1.807) is 56.3 Å². The zero-order valence-corrected chi connectivity index (χ0v) is 18.0. The lowest BCUT2D eigenvalue weighted by Gasteiger charge is -2.31. The van der Waals surface area contributed by atoms with E-state index in [0.29, 0.717) is 16.9 Å². The second-order valence-corrected chi connectivity index (χ2v) is 6.97. The summed E-state index contributed by atoms with van der Waals surface area (Å²) in [7, 11) is 0. The van der Waals surface area contributed by atoms with Crippen molar-refractivity contribution in [3.63, 3.8) is 0 Å². The van der Waals surface area contributed by atoms with Gasteiger partial charge in [-0.1, -0.05) is 18.2 Å². The zero-order valence-electron chi connectivity index (χ0n) is 18.0. The minimum absolute atomic E-state index is 0.0649. The Morgan fingerprint density at radius 2 is 1.59 bits per heavy atom. The lowest BCUT2D eigenvalue weighted by atomic mass is 9.95. The molecule has 1 atom stereocenters. The maximum Gasteiger partial charge on any atom is 0.338 e. The van der Waals surface area contributed by atoms with E-state index in [0.717, 1.165) is 4.90 Å². The summed E-state index contributed by atoms with van der Waals surface area (Å²) in [5.74, 6) is -3.04. The van der Waals surface area contributed by atoms with Crippen LogP contribution in [0.2, 0.25) is 0 Å². The van der Waals surface area contributed by atoms with Gasteiger partial charge in [-0.05, 0) is 57.2 Å². The molecule has 3 rings (SSSR count). The third kappa shape index (κ3) is 4.09. The number of carbonyl (C=O) groups excluding carboxylic acids is 4. The molecule has 0 aliphatic carbocycles. The molecule has 2 aromatic rings. The topological polar surface area (TPSA) is 114 Å². The van der Waals surface area contributed by atoms with E-state index >= 15 is 0 Å². The molecule has 1 fully saturated rings. The minimum atomic E-state index is -1.76. The average Bonchev–Trinajstić information content (AvgIpc) is 2.99. The molecule has 1 aliphatic heterocycles. The number of carbonyl (C=O) groups is 4. The summed E-state index contributed by atoms with van der Waals surface area (Å²) in [6, 6.07) is 14.6. The number of nitrogens with zero attached hydrogens (tertiary/aromatic N) is 2. The lowest BCUT2D eigenvalue weighted by Crippen LogP contribution is -2.55. The lowest BCUT2D eigenvalue weighted by molar-refractivity contribution is -0.147. The van der Waals surface area contributed by atoms with Gasteiger partial charge >= 0.3 is 17.8 Å². The summed E-state index contributed by atoms with van der Waals surface area (Å²) in [6.45, 7) is 5.09. The zero-order chi connectivity index (χ0) is 23.3. The highest BCUT2D eigenvalue weighted by atomic mass is 16.5. The molecule has 1 aliphatic rings. The molecule has 9 heteroatoms. The van der Waals surface area contributed by atoms with E-state index in [2.05, 4.69) is 10.5 Å². The maximum atomic E-state index is 12.9. The molecule has 0 bridgehead atoms. The van der Waals surface area contributed by atoms with E-state index in [1.807, 2.05) is 0 Å². The molecule has 2 aromatic carbocycles. The predicted molar refractivity (Wildman–Crippen MR) is 117 cm³/mol. The molecular weight excluding hydrogens is 414 g/mol. The van der Waals surface area contributed by atoms with Crippen LogP contribution in [0.25, 0.3) is 0 Å². The van der Waals surface area contributed by atoms with Gasteiger partial charge < -0.3 is 9.47 Å². The Labute approximate surface area is 185 Å². The van der Waals surface area contributed by atoms with Crippen LogP contribution in [-0.4, -0.2) is 48.1 Å². The maximum absolute atomic E-state index is 12.9. The molecule has 0 radical (unpaired) electrons. The van der Waals surface area contributed by atoms with Crippen LogP contribution in [0.1, 0.15) is 31.1 Å². The summed E-state index contributed by atoms with van der Waals surface area (Å²) in [5.41, 5.74) is 1.79. The number of ketones is 1. The van der Waals surface area contributed by atoms with Gasteiger partial charge in [0.1, 0.15) is 0 Å². The fraction of sp³-hybridized carbons (Fsp3) is 0.261. The first kappa shape index (κ1) is 22.7. The number of hydrazone groups is 1. The number of esters is 2. The highest BCUT2D eigenvalue weighted by molar-refractivity contribution is 6.75. The first-order chi connectivity index (χ1) is 15.3. The van der Waals surface area contributed by atoms with Crippen LogP contribution in [-0.2, 0) is 23.9 Å². The predicted octanol–water partition coefficient (Wildman–Crippen LogP) is 2.57. The van der Waals surface area contributed by atoms with Crippen molar-refractivity contribution in [1.82, 2.24) is 0 Å². The van der Waals surface area contributed by atoms with Crippen molar-refractivity contribution < 1.29 is 28.7 Å². The Morgan fingerprint density at radius 3 is 2.19 bits per heavy atom. The monoisotopic (exact) mass is 437 g/mol. The number of anilines is 2. The fourth-order valence-corrected chi connectivity index (χ4v) is 3.32. The third-order valence-corrected chi connectivity index (χ3v) is 4.90. The molecule has 0 saturated carbocycles. The van der Waals surface area contributed by atoms with Crippen LogP contribution in [0.3, 0.4) is 0 Å². The van der Waals surface area contributed by atoms with E-state index in [1.165, 1.54) is 19.1 Å². The van der Waals surface area contributed by atoms with Crippen molar-refractivity contribution >= 4 is 40.7 Å². The molecule has 9 nitrogen and oxygen atoms in total. The largest absolute Gasteiger partial charge is 0.464 e. The number of nitrogens with one attached hydrogen (secondary N) is 1. The average molecular weight is 437 g/mol. The normalized spacial score (nSPS) is 19.2. The van der Waals surface area contributed by atoms with Crippen molar-refractivity contribution in [2.45, 2.75) is 26.3 Å². The molecule has 166 valence electrons. The Bertz CT molecular complexity index is 1060.